The zero-order chi connectivity index (χ0) is 10.9. The Balaban J connectivity index is 4.59. The fourth-order valence-corrected chi connectivity index (χ4v) is 0.693. The third-order valence-electron chi connectivity index (χ3n) is 0.938. The van der Waals surface area contributed by atoms with E-state index in [-0.39, 0.29) is 0 Å². The van der Waals surface area contributed by atoms with E-state index in [0.29, 0.717) is 0 Å². The van der Waals surface area contributed by atoms with Gasteiger partial charge in [0.1, 0.15) is 5.60 Å². The Hall–Kier alpha value is -0.880. The molecule has 0 aliphatic carbocycles. The molecule has 0 atom stereocenters. The van der Waals surface area contributed by atoms with E-state index in [1.807, 2.05) is 0 Å². The summed E-state index contributed by atoms with van der Waals surface area (Å²) in [6.07, 6.45) is 0. The van der Waals surface area contributed by atoms with Gasteiger partial charge in [0.2, 0.25) is 0 Å². The SMILES string of the molecule is C=C(C(=O)OC(C)(C)C)S(=O)(=O)O. The van der Waals surface area contributed by atoms with Gasteiger partial charge in [-0.25, -0.2) is 4.79 Å². The molecule has 0 saturated carbocycles. The second-order valence-corrected chi connectivity index (χ2v) is 4.84. The molecule has 0 fully saturated rings. The third kappa shape index (κ3) is 4.64. The molecule has 13 heavy (non-hydrogen) atoms. The standard InChI is InChI=1S/C7H12O5S/c1-5(13(9,10)11)6(8)12-7(2,3)4/h1H2,2-4H3,(H,9,10,11). The molecule has 0 heterocycles. The van der Waals surface area contributed by atoms with Gasteiger partial charge in [0.25, 0.3) is 0 Å². The average Bonchev–Trinajstić information content (AvgIpc) is 1.79. The van der Waals surface area contributed by atoms with E-state index in [4.69, 9.17) is 4.55 Å². The molecule has 0 saturated heterocycles. The number of rotatable bonds is 2. The quantitative estimate of drug-likeness (QED) is 0.411. The highest BCUT2D eigenvalue weighted by molar-refractivity contribution is 7.90. The van der Waals surface area contributed by atoms with Crippen LogP contribution in [-0.2, 0) is 19.6 Å². The van der Waals surface area contributed by atoms with E-state index >= 15 is 0 Å². The average molecular weight is 208 g/mol. The lowest BCUT2D eigenvalue weighted by atomic mass is 10.2. The first-order valence-corrected chi connectivity index (χ1v) is 4.88. The number of hydrogen-bond donors (Lipinski definition) is 1. The molecule has 0 rings (SSSR count). The summed E-state index contributed by atoms with van der Waals surface area (Å²) >= 11 is 0. The lowest BCUT2D eigenvalue weighted by Crippen LogP contribution is -2.26. The van der Waals surface area contributed by atoms with Gasteiger partial charge >= 0.3 is 16.1 Å². The Morgan fingerprint density at radius 3 is 2.00 bits per heavy atom. The maximum atomic E-state index is 10.9. The van der Waals surface area contributed by atoms with Gasteiger partial charge in [-0.1, -0.05) is 6.58 Å². The van der Waals surface area contributed by atoms with Crippen LogP contribution in [-0.4, -0.2) is 24.5 Å². The monoisotopic (exact) mass is 208 g/mol. The number of carbonyl (C=O) groups is 1. The molecule has 0 aliphatic heterocycles. The summed E-state index contributed by atoms with van der Waals surface area (Å²) in [6.45, 7) is 7.61. The van der Waals surface area contributed by atoms with Crippen molar-refractivity contribution in [3.8, 4) is 0 Å². The van der Waals surface area contributed by atoms with Crippen molar-refractivity contribution in [2.45, 2.75) is 26.4 Å². The van der Waals surface area contributed by atoms with Gasteiger partial charge in [0.15, 0.2) is 4.91 Å². The van der Waals surface area contributed by atoms with Crippen LogP contribution in [0.1, 0.15) is 20.8 Å². The van der Waals surface area contributed by atoms with Gasteiger partial charge in [-0.05, 0) is 20.8 Å². The topological polar surface area (TPSA) is 80.7 Å². The van der Waals surface area contributed by atoms with Crippen molar-refractivity contribution in [1.82, 2.24) is 0 Å². The summed E-state index contributed by atoms with van der Waals surface area (Å²) in [4.78, 5) is 9.99. The molecular weight excluding hydrogens is 196 g/mol. The molecule has 0 aliphatic rings. The lowest BCUT2D eigenvalue weighted by Gasteiger charge is -2.19. The van der Waals surface area contributed by atoms with Gasteiger partial charge in [-0.15, -0.1) is 0 Å². The highest BCUT2D eigenvalue weighted by atomic mass is 32.2. The van der Waals surface area contributed by atoms with Gasteiger partial charge in [-0.2, -0.15) is 8.42 Å². The van der Waals surface area contributed by atoms with Crippen LogP contribution in [0.5, 0.6) is 0 Å². The van der Waals surface area contributed by atoms with Crippen LogP contribution in [0.2, 0.25) is 0 Å². The van der Waals surface area contributed by atoms with Crippen molar-refractivity contribution in [1.29, 1.82) is 0 Å². The Morgan fingerprint density at radius 2 is 1.77 bits per heavy atom. The zero-order valence-corrected chi connectivity index (χ0v) is 8.51. The minimum atomic E-state index is -4.54. The minimum Gasteiger partial charge on any atom is -0.456 e. The van der Waals surface area contributed by atoms with Crippen LogP contribution in [0.15, 0.2) is 11.5 Å². The highest BCUT2D eigenvalue weighted by Gasteiger charge is 2.25. The summed E-state index contributed by atoms with van der Waals surface area (Å²) in [5, 5.41) is 0. The Kier molecular flexibility index (Phi) is 3.23. The molecule has 0 radical (unpaired) electrons. The molecule has 0 aromatic carbocycles. The largest absolute Gasteiger partial charge is 0.456 e. The molecule has 0 amide bonds. The van der Waals surface area contributed by atoms with Crippen molar-refractivity contribution in [3.63, 3.8) is 0 Å². The molecule has 0 spiro atoms. The van der Waals surface area contributed by atoms with Gasteiger partial charge in [-0.3, -0.25) is 4.55 Å². The van der Waals surface area contributed by atoms with Crippen molar-refractivity contribution in [2.75, 3.05) is 0 Å². The summed E-state index contributed by atoms with van der Waals surface area (Å²) in [6, 6.07) is 0. The number of hydrogen-bond acceptors (Lipinski definition) is 4. The molecule has 6 heteroatoms. The first-order valence-electron chi connectivity index (χ1n) is 3.44. The molecule has 76 valence electrons. The fraction of sp³-hybridized carbons (Fsp3) is 0.571. The maximum absolute atomic E-state index is 10.9. The van der Waals surface area contributed by atoms with E-state index in [1.165, 1.54) is 0 Å². The van der Waals surface area contributed by atoms with Crippen molar-refractivity contribution >= 4 is 16.1 Å². The van der Waals surface area contributed by atoms with Crippen LogP contribution in [0.25, 0.3) is 0 Å². The summed E-state index contributed by atoms with van der Waals surface area (Å²) < 4.78 is 33.9. The second kappa shape index (κ2) is 3.47. The number of carbonyl (C=O) groups excluding carboxylic acids is 1. The minimum absolute atomic E-state index is 0.815. The first-order chi connectivity index (χ1) is 5.54. The highest BCUT2D eigenvalue weighted by Crippen LogP contribution is 2.12. The fourth-order valence-electron chi connectivity index (χ4n) is 0.440. The smallest absolute Gasteiger partial charge is 0.352 e. The van der Waals surface area contributed by atoms with Crippen LogP contribution < -0.4 is 0 Å². The zero-order valence-electron chi connectivity index (χ0n) is 7.70. The Bertz CT molecular complexity index is 319. The third-order valence-corrected chi connectivity index (χ3v) is 1.73. The van der Waals surface area contributed by atoms with Crippen LogP contribution in [0.4, 0.5) is 0 Å². The van der Waals surface area contributed by atoms with Crippen LogP contribution in [0, 0.1) is 0 Å². The molecule has 0 unspecified atom stereocenters. The van der Waals surface area contributed by atoms with Crippen molar-refractivity contribution in [2.24, 2.45) is 0 Å². The van der Waals surface area contributed by atoms with E-state index in [2.05, 4.69) is 11.3 Å². The molecule has 0 aromatic heterocycles. The molecule has 5 nitrogen and oxygen atoms in total. The predicted molar refractivity (Wildman–Crippen MR) is 46.5 cm³/mol. The molecular formula is C7H12O5S. The Morgan fingerprint density at radius 1 is 1.38 bits per heavy atom. The number of ether oxygens (including phenoxy) is 1. The van der Waals surface area contributed by atoms with E-state index in [1.54, 1.807) is 20.8 Å². The lowest BCUT2D eigenvalue weighted by molar-refractivity contribution is -0.149. The predicted octanol–water partition coefficient (Wildman–Crippen LogP) is 0.730. The molecule has 1 N–H and O–H groups in total. The molecule has 0 bridgehead atoms. The maximum Gasteiger partial charge on any atom is 0.352 e. The van der Waals surface area contributed by atoms with Crippen molar-refractivity contribution in [3.05, 3.63) is 11.5 Å². The second-order valence-electron chi connectivity index (χ2n) is 3.40. The summed E-state index contributed by atoms with van der Waals surface area (Å²) in [5.41, 5.74) is -0.815. The normalized spacial score (nSPS) is 12.3. The van der Waals surface area contributed by atoms with Gasteiger partial charge in [0.05, 0.1) is 0 Å². The Labute approximate surface area is 77.1 Å². The van der Waals surface area contributed by atoms with Crippen molar-refractivity contribution < 1.29 is 22.5 Å². The first kappa shape index (κ1) is 12.1. The van der Waals surface area contributed by atoms with E-state index in [9.17, 15) is 13.2 Å². The van der Waals surface area contributed by atoms with Gasteiger partial charge < -0.3 is 4.74 Å². The summed E-state index contributed by atoms with van der Waals surface area (Å²) in [5.74, 6) is -1.14. The van der Waals surface area contributed by atoms with Crippen LogP contribution in [0.3, 0.4) is 0 Å². The summed E-state index contributed by atoms with van der Waals surface area (Å²) in [7, 11) is -4.54. The molecule has 0 aromatic rings. The number of esters is 1. The van der Waals surface area contributed by atoms with Crippen LogP contribution >= 0.6 is 0 Å². The van der Waals surface area contributed by atoms with E-state index in [0.717, 1.165) is 0 Å². The van der Waals surface area contributed by atoms with E-state index < -0.39 is 26.6 Å². The van der Waals surface area contributed by atoms with Gasteiger partial charge in [0, 0.05) is 0 Å².